The summed E-state index contributed by atoms with van der Waals surface area (Å²) in [7, 11) is 0. The van der Waals surface area contributed by atoms with Gasteiger partial charge in [-0.3, -0.25) is 0 Å². The molecule has 1 aliphatic rings. The van der Waals surface area contributed by atoms with E-state index in [-0.39, 0.29) is 5.82 Å². The Balaban J connectivity index is 2.19. The molecule has 0 radical (unpaired) electrons. The first-order chi connectivity index (χ1) is 7.65. The largest absolute Gasteiger partial charge is 0.328 e. The van der Waals surface area contributed by atoms with Crippen LogP contribution in [-0.4, -0.2) is 6.04 Å². The highest BCUT2D eigenvalue weighted by atomic mass is 79.9. The molecule has 1 saturated carbocycles. The molecule has 3 heteroatoms. The highest BCUT2D eigenvalue weighted by Gasteiger charge is 2.12. The molecule has 16 heavy (non-hydrogen) atoms. The summed E-state index contributed by atoms with van der Waals surface area (Å²) >= 11 is 3.43. The molecule has 2 N–H and O–H groups in total. The van der Waals surface area contributed by atoms with Crippen LogP contribution in [0.2, 0.25) is 0 Å². The predicted molar refractivity (Wildman–Crippen MR) is 68.5 cm³/mol. The number of rotatable bonds is 1. The number of benzene rings is 1. The fourth-order valence-electron chi connectivity index (χ4n) is 2.00. The van der Waals surface area contributed by atoms with Crippen LogP contribution < -0.4 is 5.73 Å². The quantitative estimate of drug-likeness (QED) is 0.832. The molecule has 0 aliphatic heterocycles. The van der Waals surface area contributed by atoms with Crippen molar-refractivity contribution in [1.82, 2.24) is 0 Å². The van der Waals surface area contributed by atoms with Crippen LogP contribution in [0, 0.1) is 5.82 Å². The highest BCUT2D eigenvalue weighted by molar-refractivity contribution is 9.10. The minimum atomic E-state index is -0.192. The summed E-state index contributed by atoms with van der Waals surface area (Å²) < 4.78 is 14.0. The molecule has 0 saturated heterocycles. The standard InChI is InChI=1S/C13H15BrFN/c14-13-6-3-11(15)8-10(13)7-9-1-4-12(16)5-2-9/h3,6-8,12H,1-2,4-5,16H2. The van der Waals surface area contributed by atoms with E-state index in [1.54, 1.807) is 12.1 Å². The Morgan fingerprint density at radius 3 is 2.69 bits per heavy atom. The molecule has 0 heterocycles. The third-order valence-electron chi connectivity index (χ3n) is 2.99. The maximum absolute atomic E-state index is 13.1. The van der Waals surface area contributed by atoms with Crippen molar-refractivity contribution in [3.8, 4) is 0 Å². The average Bonchev–Trinajstić information content (AvgIpc) is 2.27. The molecule has 0 atom stereocenters. The molecule has 0 aromatic heterocycles. The first-order valence-electron chi connectivity index (χ1n) is 5.55. The monoisotopic (exact) mass is 283 g/mol. The lowest BCUT2D eigenvalue weighted by molar-refractivity contribution is 0.514. The van der Waals surface area contributed by atoms with Crippen LogP contribution in [0.5, 0.6) is 0 Å². The van der Waals surface area contributed by atoms with Gasteiger partial charge in [0.2, 0.25) is 0 Å². The zero-order valence-electron chi connectivity index (χ0n) is 9.05. The summed E-state index contributed by atoms with van der Waals surface area (Å²) in [6.07, 6.45) is 6.23. The first kappa shape index (κ1) is 11.8. The molecule has 86 valence electrons. The Kier molecular flexibility index (Phi) is 3.77. The van der Waals surface area contributed by atoms with E-state index in [1.165, 1.54) is 11.6 Å². The molecule has 0 bridgehead atoms. The maximum atomic E-state index is 13.1. The number of nitrogens with two attached hydrogens (primary N) is 1. The van der Waals surface area contributed by atoms with Crippen LogP contribution in [0.3, 0.4) is 0 Å². The van der Waals surface area contributed by atoms with E-state index in [0.29, 0.717) is 6.04 Å². The molecule has 0 spiro atoms. The zero-order chi connectivity index (χ0) is 11.5. The van der Waals surface area contributed by atoms with Crippen LogP contribution in [-0.2, 0) is 0 Å². The lowest BCUT2D eigenvalue weighted by Crippen LogP contribution is -2.23. The number of hydrogen-bond acceptors (Lipinski definition) is 1. The van der Waals surface area contributed by atoms with Crippen LogP contribution in [0.25, 0.3) is 6.08 Å². The van der Waals surface area contributed by atoms with Crippen molar-refractivity contribution < 1.29 is 4.39 Å². The Labute approximate surface area is 104 Å². The van der Waals surface area contributed by atoms with E-state index >= 15 is 0 Å². The molecule has 0 amide bonds. The van der Waals surface area contributed by atoms with E-state index in [0.717, 1.165) is 35.7 Å². The van der Waals surface area contributed by atoms with Gasteiger partial charge >= 0.3 is 0 Å². The third-order valence-corrected chi connectivity index (χ3v) is 3.71. The van der Waals surface area contributed by atoms with E-state index in [4.69, 9.17) is 5.73 Å². The van der Waals surface area contributed by atoms with Crippen molar-refractivity contribution in [2.24, 2.45) is 5.73 Å². The topological polar surface area (TPSA) is 26.0 Å². The van der Waals surface area contributed by atoms with Crippen LogP contribution in [0.15, 0.2) is 28.2 Å². The van der Waals surface area contributed by atoms with Crippen LogP contribution in [0.4, 0.5) is 4.39 Å². The van der Waals surface area contributed by atoms with E-state index in [2.05, 4.69) is 22.0 Å². The summed E-state index contributed by atoms with van der Waals surface area (Å²) in [5, 5.41) is 0. The van der Waals surface area contributed by atoms with Gasteiger partial charge in [-0.1, -0.05) is 27.6 Å². The molecular weight excluding hydrogens is 269 g/mol. The second kappa shape index (κ2) is 5.11. The summed E-state index contributed by atoms with van der Waals surface area (Å²) in [5.41, 5.74) is 8.14. The van der Waals surface area contributed by atoms with Gasteiger partial charge in [0, 0.05) is 10.5 Å². The van der Waals surface area contributed by atoms with Crippen LogP contribution >= 0.6 is 15.9 Å². The minimum absolute atomic E-state index is 0.192. The van der Waals surface area contributed by atoms with Crippen molar-refractivity contribution in [2.75, 3.05) is 0 Å². The van der Waals surface area contributed by atoms with Gasteiger partial charge in [-0.25, -0.2) is 4.39 Å². The van der Waals surface area contributed by atoms with E-state index in [9.17, 15) is 4.39 Å². The summed E-state index contributed by atoms with van der Waals surface area (Å²) in [6.45, 7) is 0. The van der Waals surface area contributed by atoms with Crippen molar-refractivity contribution in [3.63, 3.8) is 0 Å². The second-order valence-electron chi connectivity index (χ2n) is 4.31. The van der Waals surface area contributed by atoms with Gasteiger partial charge in [-0.15, -0.1) is 0 Å². The Bertz CT molecular complexity index is 404. The minimum Gasteiger partial charge on any atom is -0.328 e. The smallest absolute Gasteiger partial charge is 0.123 e. The lowest BCUT2D eigenvalue weighted by atomic mass is 9.90. The average molecular weight is 284 g/mol. The van der Waals surface area contributed by atoms with Gasteiger partial charge in [0.05, 0.1) is 0 Å². The fourth-order valence-corrected chi connectivity index (χ4v) is 2.36. The van der Waals surface area contributed by atoms with Gasteiger partial charge < -0.3 is 5.73 Å². The zero-order valence-corrected chi connectivity index (χ0v) is 10.6. The SMILES string of the molecule is NC1CCC(=Cc2cc(F)ccc2Br)CC1. The molecule has 2 rings (SSSR count). The first-order valence-corrected chi connectivity index (χ1v) is 6.34. The number of halogens is 2. The summed E-state index contributed by atoms with van der Waals surface area (Å²) in [5.74, 6) is -0.192. The van der Waals surface area contributed by atoms with Crippen LogP contribution in [0.1, 0.15) is 31.2 Å². The van der Waals surface area contributed by atoms with Gasteiger partial charge in [0.25, 0.3) is 0 Å². The molecule has 1 aromatic carbocycles. The third kappa shape index (κ3) is 2.92. The molecule has 0 unspecified atom stereocenters. The van der Waals surface area contributed by atoms with Gasteiger partial charge in [-0.05, 0) is 49.4 Å². The summed E-state index contributed by atoms with van der Waals surface area (Å²) in [6, 6.07) is 5.11. The van der Waals surface area contributed by atoms with Crippen molar-refractivity contribution >= 4 is 22.0 Å². The molecule has 1 aromatic rings. The van der Waals surface area contributed by atoms with Crippen molar-refractivity contribution in [1.29, 1.82) is 0 Å². The van der Waals surface area contributed by atoms with E-state index in [1.807, 2.05) is 0 Å². The van der Waals surface area contributed by atoms with Gasteiger partial charge in [-0.2, -0.15) is 0 Å². The Morgan fingerprint density at radius 1 is 1.31 bits per heavy atom. The molecule has 1 fully saturated rings. The Hall–Kier alpha value is -0.670. The Morgan fingerprint density at radius 2 is 2.00 bits per heavy atom. The fraction of sp³-hybridized carbons (Fsp3) is 0.385. The van der Waals surface area contributed by atoms with E-state index < -0.39 is 0 Å². The number of hydrogen-bond donors (Lipinski definition) is 1. The van der Waals surface area contributed by atoms with Gasteiger partial charge in [0.1, 0.15) is 5.82 Å². The predicted octanol–water partition coefficient (Wildman–Crippen LogP) is 3.87. The maximum Gasteiger partial charge on any atom is 0.123 e. The molecule has 1 aliphatic carbocycles. The second-order valence-corrected chi connectivity index (χ2v) is 5.16. The summed E-state index contributed by atoms with van der Waals surface area (Å²) in [4.78, 5) is 0. The van der Waals surface area contributed by atoms with Gasteiger partial charge in [0.15, 0.2) is 0 Å². The van der Waals surface area contributed by atoms with Crippen molar-refractivity contribution in [3.05, 3.63) is 39.6 Å². The normalized spacial score (nSPS) is 20.9. The molecule has 1 nitrogen and oxygen atoms in total. The number of allylic oxidation sites excluding steroid dienone is 1. The lowest BCUT2D eigenvalue weighted by Gasteiger charge is -2.20. The molecular formula is C13H15BrFN. The highest BCUT2D eigenvalue weighted by Crippen LogP contribution is 2.27. The van der Waals surface area contributed by atoms with Crippen molar-refractivity contribution in [2.45, 2.75) is 31.7 Å².